The predicted molar refractivity (Wildman–Crippen MR) is 175 cm³/mol. The van der Waals surface area contributed by atoms with E-state index >= 15 is 0 Å². The second-order valence-corrected chi connectivity index (χ2v) is 10.8. The van der Waals surface area contributed by atoms with Gasteiger partial charge in [0, 0.05) is 5.75 Å². The van der Waals surface area contributed by atoms with Gasteiger partial charge in [0.1, 0.15) is 11.3 Å². The third-order valence-corrected chi connectivity index (χ3v) is 5.82. The maximum absolute atomic E-state index is 10.9. The number of ether oxygens (including phenoxy) is 2. The fourth-order valence-corrected chi connectivity index (χ4v) is 4.04. The number of aromatic nitrogens is 2. The summed E-state index contributed by atoms with van der Waals surface area (Å²) in [5.41, 5.74) is 2.34. The predicted octanol–water partition coefficient (Wildman–Crippen LogP) is 11.0. The van der Waals surface area contributed by atoms with E-state index in [9.17, 15) is 4.79 Å². The van der Waals surface area contributed by atoms with E-state index in [0.717, 1.165) is 22.5 Å². The second-order valence-electron chi connectivity index (χ2n) is 8.54. The molecule has 222 valence electrons. The van der Waals surface area contributed by atoms with Crippen LogP contribution in [0.1, 0.15) is 105 Å². The number of thioether (sulfide) groups is 1. The monoisotopic (exact) mass is 570 g/mol. The first kappa shape index (κ1) is 45.8. The molecule has 0 amide bonds. The van der Waals surface area contributed by atoms with Crippen LogP contribution in [0.3, 0.4) is 0 Å². The smallest absolute Gasteiger partial charge is 0.308 e. The lowest BCUT2D eigenvalue weighted by molar-refractivity contribution is -0.158. The molecule has 0 spiro atoms. The molecular weight excluding hydrogens is 512 g/mol. The lowest BCUT2D eigenvalue weighted by Gasteiger charge is -2.20. The van der Waals surface area contributed by atoms with Crippen molar-refractivity contribution in [2.75, 3.05) is 0 Å². The van der Waals surface area contributed by atoms with Gasteiger partial charge in [0.2, 0.25) is 5.88 Å². The molecule has 1 aromatic carbocycles. The zero-order valence-electron chi connectivity index (χ0n) is 21.3. The van der Waals surface area contributed by atoms with Crippen molar-refractivity contribution in [3.05, 3.63) is 47.5 Å². The van der Waals surface area contributed by atoms with Crippen molar-refractivity contribution in [2.24, 2.45) is 5.92 Å². The first-order valence-electron chi connectivity index (χ1n) is 11.4. The van der Waals surface area contributed by atoms with E-state index in [1.54, 1.807) is 23.1 Å². The van der Waals surface area contributed by atoms with Gasteiger partial charge in [-0.2, -0.15) is 0 Å². The average Bonchev–Trinajstić information content (AvgIpc) is 3.26. The molecule has 3 aromatic rings. The van der Waals surface area contributed by atoms with E-state index in [4.69, 9.17) is 14.5 Å². The van der Waals surface area contributed by atoms with Crippen LogP contribution in [-0.4, -0.2) is 27.6 Å². The molecule has 2 aromatic heterocycles. The summed E-state index contributed by atoms with van der Waals surface area (Å²) in [4.78, 5) is 20.3. The van der Waals surface area contributed by atoms with Gasteiger partial charge in [0.05, 0.1) is 27.3 Å². The Labute approximate surface area is 244 Å². The maximum Gasteiger partial charge on any atom is 0.308 e. The Morgan fingerprint density at radius 1 is 0.895 bits per heavy atom. The van der Waals surface area contributed by atoms with Gasteiger partial charge < -0.3 is 9.47 Å². The summed E-state index contributed by atoms with van der Waals surface area (Å²) in [7, 11) is 0. The van der Waals surface area contributed by atoms with E-state index < -0.39 is 0 Å². The molecule has 0 saturated heterocycles. The highest BCUT2D eigenvalue weighted by atomic mass is 32.2. The van der Waals surface area contributed by atoms with Gasteiger partial charge in [-0.25, -0.2) is 9.97 Å². The van der Waals surface area contributed by atoms with Gasteiger partial charge in [0.15, 0.2) is 0 Å². The number of esters is 1. The van der Waals surface area contributed by atoms with E-state index in [2.05, 4.69) is 22.5 Å². The third-order valence-electron chi connectivity index (χ3n) is 3.68. The van der Waals surface area contributed by atoms with Crippen molar-refractivity contribution in [1.29, 1.82) is 0 Å². The topological polar surface area (TPSA) is 61.3 Å². The van der Waals surface area contributed by atoms with Crippen molar-refractivity contribution in [2.45, 2.75) is 121 Å². The van der Waals surface area contributed by atoms with Crippen molar-refractivity contribution < 1.29 is 14.3 Å². The summed E-state index contributed by atoms with van der Waals surface area (Å²) in [6, 6.07) is 12.1. The zero-order chi connectivity index (χ0) is 25.0. The SMILES string of the molecule is C.C.C.C.C.CC.CC(C)C(=O)OC(C)(C)C.CC(C)Oc1nc2ccccc2nc1CSc1cccs1. The molecule has 0 aliphatic carbocycles. The Bertz CT molecular complexity index is 967. The van der Waals surface area contributed by atoms with Crippen molar-refractivity contribution in [1.82, 2.24) is 9.97 Å². The number of nitrogens with zero attached hydrogens (tertiary/aromatic N) is 2. The van der Waals surface area contributed by atoms with Crippen LogP contribution in [0, 0.1) is 5.92 Å². The molecule has 0 aliphatic rings. The number of rotatable bonds is 6. The Hall–Kier alpha value is -2.12. The third kappa shape index (κ3) is 17.4. The number of para-hydroxylation sites is 2. The molecule has 0 radical (unpaired) electrons. The first-order valence-corrected chi connectivity index (χ1v) is 13.2. The highest BCUT2D eigenvalue weighted by Crippen LogP contribution is 2.30. The lowest BCUT2D eigenvalue weighted by atomic mass is 10.1. The highest BCUT2D eigenvalue weighted by molar-refractivity contribution is 8.00. The molecule has 7 heteroatoms. The molecule has 2 heterocycles. The standard InChI is InChI=1S/C16H16N2OS2.C8H16O2.C2H6.5CH4/c1-11(2)19-16-14(10-21-15-8-5-9-20-15)17-12-6-3-4-7-13(12)18-16;1-6(2)7(9)10-8(3,4)5;1-2;;;;;/h3-9,11H,10H2,1-2H3;6H,1-5H3;1-2H3;5*1H4. The van der Waals surface area contributed by atoms with Crippen LogP contribution in [0.2, 0.25) is 0 Å². The van der Waals surface area contributed by atoms with E-state index in [-0.39, 0.29) is 60.7 Å². The molecule has 0 aliphatic heterocycles. The fraction of sp³-hybridized carbons (Fsp3) is 0.581. The van der Waals surface area contributed by atoms with Crippen LogP contribution in [0.15, 0.2) is 46.0 Å². The number of fused-ring (bicyclic) bond motifs is 1. The van der Waals surface area contributed by atoms with Crippen molar-refractivity contribution >= 4 is 40.1 Å². The van der Waals surface area contributed by atoms with Gasteiger partial charge in [-0.1, -0.05) is 83.0 Å². The van der Waals surface area contributed by atoms with Gasteiger partial charge in [-0.15, -0.1) is 23.1 Å². The van der Waals surface area contributed by atoms with Crippen LogP contribution in [0.25, 0.3) is 11.0 Å². The summed E-state index contributed by atoms with van der Waals surface area (Å²) in [6.45, 7) is 17.3. The Kier molecular flexibility index (Phi) is 27.5. The molecule has 0 atom stereocenters. The van der Waals surface area contributed by atoms with Gasteiger partial charge in [-0.3, -0.25) is 4.79 Å². The van der Waals surface area contributed by atoms with E-state index in [0.29, 0.717) is 5.88 Å². The minimum Gasteiger partial charge on any atom is -0.474 e. The minimum atomic E-state index is -0.346. The van der Waals surface area contributed by atoms with Crippen LogP contribution in [-0.2, 0) is 15.3 Å². The summed E-state index contributed by atoms with van der Waals surface area (Å²) in [5.74, 6) is 1.25. The van der Waals surface area contributed by atoms with Gasteiger partial charge in [0.25, 0.3) is 0 Å². The number of benzene rings is 1. The lowest BCUT2D eigenvalue weighted by Crippen LogP contribution is -2.26. The number of thiophene rings is 1. The molecule has 0 saturated carbocycles. The number of hydrogen-bond donors (Lipinski definition) is 0. The average molecular weight is 571 g/mol. The van der Waals surface area contributed by atoms with E-state index in [1.165, 1.54) is 4.21 Å². The maximum atomic E-state index is 10.9. The van der Waals surface area contributed by atoms with Crippen LogP contribution >= 0.6 is 23.1 Å². The summed E-state index contributed by atoms with van der Waals surface area (Å²) < 4.78 is 12.2. The fourth-order valence-electron chi connectivity index (χ4n) is 2.34. The van der Waals surface area contributed by atoms with E-state index in [1.807, 2.05) is 86.6 Å². The van der Waals surface area contributed by atoms with Crippen LogP contribution in [0.5, 0.6) is 5.88 Å². The quantitative estimate of drug-likeness (QED) is 0.217. The van der Waals surface area contributed by atoms with Crippen LogP contribution in [0.4, 0.5) is 0 Å². The normalized spacial score (nSPS) is 9.45. The van der Waals surface area contributed by atoms with Crippen molar-refractivity contribution in [3.8, 4) is 5.88 Å². The molecule has 0 N–H and O–H groups in total. The Morgan fingerprint density at radius 3 is 1.82 bits per heavy atom. The molecule has 5 nitrogen and oxygen atoms in total. The zero-order valence-corrected chi connectivity index (χ0v) is 23.0. The van der Waals surface area contributed by atoms with Gasteiger partial charge in [-0.05, 0) is 58.2 Å². The highest BCUT2D eigenvalue weighted by Gasteiger charge is 2.18. The Morgan fingerprint density at radius 2 is 1.42 bits per heavy atom. The minimum absolute atomic E-state index is 0. The first-order chi connectivity index (χ1) is 15.5. The van der Waals surface area contributed by atoms with Gasteiger partial charge >= 0.3 is 5.97 Å². The Balaban J connectivity index is -0.000000187. The molecule has 0 bridgehead atoms. The molecule has 0 fully saturated rings. The number of carbonyl (C=O) groups excluding carboxylic acids is 1. The summed E-state index contributed by atoms with van der Waals surface area (Å²) in [6.07, 6.45) is 0.0888. The summed E-state index contributed by atoms with van der Waals surface area (Å²) in [5, 5.41) is 2.08. The second kappa shape index (κ2) is 22.8. The molecule has 3 rings (SSSR count). The molecule has 38 heavy (non-hydrogen) atoms. The largest absolute Gasteiger partial charge is 0.474 e. The molecular formula is C31H58N2O3S2. The number of hydrogen-bond acceptors (Lipinski definition) is 7. The van der Waals surface area contributed by atoms with Crippen LogP contribution < -0.4 is 4.74 Å². The number of carbonyl (C=O) groups is 1. The van der Waals surface area contributed by atoms with Crippen molar-refractivity contribution in [3.63, 3.8) is 0 Å². The molecule has 0 unspecified atom stereocenters. The summed E-state index contributed by atoms with van der Waals surface area (Å²) >= 11 is 3.51.